The van der Waals surface area contributed by atoms with Gasteiger partial charge in [-0.15, -0.1) is 0 Å². The van der Waals surface area contributed by atoms with Crippen LogP contribution in [-0.2, 0) is 19.2 Å². The van der Waals surface area contributed by atoms with Crippen LogP contribution < -0.4 is 0 Å². The largest absolute Gasteiger partial charge is 0.473 e. The Morgan fingerprint density at radius 3 is 2.20 bits per heavy atom. The Labute approximate surface area is 171 Å². The molecule has 2 N–H and O–H groups in total. The van der Waals surface area contributed by atoms with E-state index >= 15 is 0 Å². The molecule has 166 valence electrons. The number of halogens is 2. The number of hydrogen-bond donors (Lipinski definition) is 2. The van der Waals surface area contributed by atoms with Crippen LogP contribution in [-0.4, -0.2) is 74.1 Å². The van der Waals surface area contributed by atoms with Crippen LogP contribution in [0.25, 0.3) is 0 Å². The second-order valence-electron chi connectivity index (χ2n) is 8.67. The second-order valence-corrected chi connectivity index (χ2v) is 8.67. The normalized spacial score (nSPS) is 31.5. The first kappa shape index (κ1) is 22.1. The summed E-state index contributed by atoms with van der Waals surface area (Å²) in [5, 5.41) is 20.9. The second kappa shape index (κ2) is 7.59. The molecule has 3 atom stereocenters. The van der Waals surface area contributed by atoms with Crippen molar-refractivity contribution < 1.29 is 38.2 Å². The fourth-order valence-electron chi connectivity index (χ4n) is 5.36. The third kappa shape index (κ3) is 3.89. The summed E-state index contributed by atoms with van der Waals surface area (Å²) in [5.41, 5.74) is 0.647. The predicted octanol–water partition coefficient (Wildman–Crippen LogP) is 1.42. The van der Waals surface area contributed by atoms with E-state index in [0.29, 0.717) is 19.0 Å². The summed E-state index contributed by atoms with van der Waals surface area (Å²) >= 11 is 0. The number of carboxylic acids is 2. The van der Waals surface area contributed by atoms with E-state index in [4.69, 9.17) is 19.8 Å². The standard InChI is InChI=1S/C17H23F2N3O2.C2H2O4/c1-10-5-16(22(20-10)11(2)23)4-3-12-8-21(9-14(12)16)15(24)13-6-17(18,19)7-13;3-1(4)2(5)6/h12-14H,3-9H2,1-2H3;(H,3,4)(H,5,6). The number of amides is 2. The summed E-state index contributed by atoms with van der Waals surface area (Å²) in [4.78, 5) is 44.5. The number of fused-ring (bicyclic) bond motifs is 2. The van der Waals surface area contributed by atoms with E-state index in [2.05, 4.69) is 5.10 Å². The van der Waals surface area contributed by atoms with Gasteiger partial charge in [-0.1, -0.05) is 0 Å². The summed E-state index contributed by atoms with van der Waals surface area (Å²) in [6.07, 6.45) is 2.00. The van der Waals surface area contributed by atoms with Gasteiger partial charge in [0.25, 0.3) is 0 Å². The highest BCUT2D eigenvalue weighted by atomic mass is 19.3. The number of likely N-dealkylation sites (tertiary alicyclic amines) is 1. The summed E-state index contributed by atoms with van der Waals surface area (Å²) in [6, 6.07) is 0. The lowest BCUT2D eigenvalue weighted by atomic mass is 9.80. The maximum Gasteiger partial charge on any atom is 0.414 e. The van der Waals surface area contributed by atoms with E-state index in [9.17, 15) is 18.4 Å². The van der Waals surface area contributed by atoms with Crippen molar-refractivity contribution in [1.29, 1.82) is 0 Å². The number of carbonyl (C=O) groups excluding carboxylic acids is 2. The lowest BCUT2D eigenvalue weighted by molar-refractivity contribution is -0.159. The Bertz CT molecular complexity index is 796. The molecule has 2 aliphatic carbocycles. The van der Waals surface area contributed by atoms with E-state index < -0.39 is 23.8 Å². The van der Waals surface area contributed by atoms with Gasteiger partial charge in [0.05, 0.1) is 5.54 Å². The van der Waals surface area contributed by atoms with Crippen molar-refractivity contribution >= 4 is 29.5 Å². The molecule has 0 aromatic carbocycles. The molecule has 0 aromatic heterocycles. The average Bonchev–Trinajstić information content (AvgIpc) is 3.27. The van der Waals surface area contributed by atoms with E-state index in [1.165, 1.54) is 6.92 Å². The molecule has 0 radical (unpaired) electrons. The molecule has 30 heavy (non-hydrogen) atoms. The van der Waals surface area contributed by atoms with E-state index in [-0.39, 0.29) is 36.1 Å². The molecule has 0 bridgehead atoms. The number of hydrazone groups is 1. The minimum Gasteiger partial charge on any atom is -0.473 e. The minimum atomic E-state index is -2.67. The SMILES string of the molecule is CC(=O)N1N=C(C)CC12CCC1CN(C(=O)C3CC(F)(F)C3)CC12.O=C(O)C(=O)O. The molecule has 11 heteroatoms. The Morgan fingerprint density at radius 1 is 1.10 bits per heavy atom. The number of hydrogen-bond acceptors (Lipinski definition) is 5. The van der Waals surface area contributed by atoms with Crippen molar-refractivity contribution in [2.75, 3.05) is 13.1 Å². The number of carbonyl (C=O) groups is 4. The van der Waals surface area contributed by atoms with Crippen LogP contribution in [0.15, 0.2) is 5.10 Å². The van der Waals surface area contributed by atoms with Gasteiger partial charge in [0.15, 0.2) is 0 Å². The third-order valence-electron chi connectivity index (χ3n) is 6.57. The van der Waals surface area contributed by atoms with Gasteiger partial charge >= 0.3 is 11.9 Å². The first-order valence-electron chi connectivity index (χ1n) is 9.84. The number of nitrogens with zero attached hydrogens (tertiary/aromatic N) is 3. The molecule has 3 unspecified atom stereocenters. The van der Waals surface area contributed by atoms with Gasteiger partial charge in [-0.25, -0.2) is 23.4 Å². The fourth-order valence-corrected chi connectivity index (χ4v) is 5.36. The summed E-state index contributed by atoms with van der Waals surface area (Å²) < 4.78 is 26.1. The molecule has 3 fully saturated rings. The van der Waals surface area contributed by atoms with Gasteiger partial charge < -0.3 is 15.1 Å². The van der Waals surface area contributed by atoms with Crippen LogP contribution >= 0.6 is 0 Å². The summed E-state index contributed by atoms with van der Waals surface area (Å²) in [6.45, 7) is 4.67. The zero-order valence-electron chi connectivity index (χ0n) is 16.8. The number of alkyl halides is 2. The van der Waals surface area contributed by atoms with Gasteiger partial charge in [0, 0.05) is 56.8 Å². The van der Waals surface area contributed by atoms with E-state index in [0.717, 1.165) is 25.0 Å². The number of rotatable bonds is 1. The smallest absolute Gasteiger partial charge is 0.414 e. The maximum atomic E-state index is 13.1. The summed E-state index contributed by atoms with van der Waals surface area (Å²) in [7, 11) is 0. The molecule has 0 aromatic rings. The lowest BCUT2D eigenvalue weighted by Gasteiger charge is -2.39. The van der Waals surface area contributed by atoms with Gasteiger partial charge in [-0.05, 0) is 25.7 Å². The molecule has 4 rings (SSSR count). The topological polar surface area (TPSA) is 128 Å². The fraction of sp³-hybridized carbons (Fsp3) is 0.737. The van der Waals surface area contributed by atoms with E-state index in [1.54, 1.807) is 9.91 Å². The quantitative estimate of drug-likeness (QED) is 0.607. The molecular formula is C19H25F2N3O6. The molecule has 2 saturated carbocycles. The van der Waals surface area contributed by atoms with Gasteiger partial charge in [-0.3, -0.25) is 9.59 Å². The predicted molar refractivity (Wildman–Crippen MR) is 98.7 cm³/mol. The number of carboxylic acid groups (broad SMARTS) is 2. The van der Waals surface area contributed by atoms with Crippen molar-refractivity contribution in [1.82, 2.24) is 9.91 Å². The zero-order valence-corrected chi connectivity index (χ0v) is 16.8. The van der Waals surface area contributed by atoms with Gasteiger partial charge in [0.1, 0.15) is 0 Å². The highest BCUT2D eigenvalue weighted by Crippen LogP contribution is 2.53. The van der Waals surface area contributed by atoms with Crippen LogP contribution in [0.5, 0.6) is 0 Å². The highest BCUT2D eigenvalue weighted by molar-refractivity contribution is 6.27. The Morgan fingerprint density at radius 2 is 1.70 bits per heavy atom. The first-order chi connectivity index (χ1) is 13.9. The Hall–Kier alpha value is -2.59. The number of aliphatic carboxylic acids is 2. The first-order valence-corrected chi connectivity index (χ1v) is 9.84. The molecule has 4 aliphatic rings. The van der Waals surface area contributed by atoms with Crippen LogP contribution in [0.4, 0.5) is 8.78 Å². The lowest BCUT2D eigenvalue weighted by Crippen LogP contribution is -2.51. The highest BCUT2D eigenvalue weighted by Gasteiger charge is 2.60. The Kier molecular flexibility index (Phi) is 5.59. The van der Waals surface area contributed by atoms with Crippen LogP contribution in [0, 0.1) is 17.8 Å². The van der Waals surface area contributed by atoms with Crippen molar-refractivity contribution in [2.24, 2.45) is 22.9 Å². The molecule has 1 spiro atoms. The van der Waals surface area contributed by atoms with Crippen molar-refractivity contribution in [3.63, 3.8) is 0 Å². The minimum absolute atomic E-state index is 0.0593. The molecule has 9 nitrogen and oxygen atoms in total. The monoisotopic (exact) mass is 429 g/mol. The summed E-state index contributed by atoms with van der Waals surface area (Å²) in [5.74, 6) is -6.49. The Balaban J connectivity index is 0.000000377. The molecule has 1 saturated heterocycles. The third-order valence-corrected chi connectivity index (χ3v) is 6.57. The maximum absolute atomic E-state index is 13.1. The van der Waals surface area contributed by atoms with E-state index in [1.807, 2.05) is 6.92 Å². The van der Waals surface area contributed by atoms with Crippen molar-refractivity contribution in [3.05, 3.63) is 0 Å². The average molecular weight is 429 g/mol. The van der Waals surface area contributed by atoms with Gasteiger partial charge in [0.2, 0.25) is 17.7 Å². The molecule has 2 amide bonds. The van der Waals surface area contributed by atoms with Gasteiger partial charge in [-0.2, -0.15) is 5.10 Å². The molecule has 2 heterocycles. The van der Waals surface area contributed by atoms with Crippen molar-refractivity contribution in [3.8, 4) is 0 Å². The van der Waals surface area contributed by atoms with Crippen LogP contribution in [0.3, 0.4) is 0 Å². The van der Waals surface area contributed by atoms with Crippen LogP contribution in [0.2, 0.25) is 0 Å². The van der Waals surface area contributed by atoms with Crippen LogP contribution in [0.1, 0.15) is 46.0 Å². The molecular weight excluding hydrogens is 404 g/mol. The molecule has 2 aliphatic heterocycles. The zero-order chi connectivity index (χ0) is 22.4. The van der Waals surface area contributed by atoms with Crippen molar-refractivity contribution in [2.45, 2.75) is 57.4 Å².